The van der Waals surface area contributed by atoms with Gasteiger partial charge in [-0.1, -0.05) is 11.3 Å². The first kappa shape index (κ1) is 12.4. The van der Waals surface area contributed by atoms with Gasteiger partial charge in [-0.3, -0.25) is 4.79 Å². The average Bonchev–Trinajstić information content (AvgIpc) is 2.50. The molecule has 1 atom stereocenters. The topological polar surface area (TPSA) is 66.9 Å². The highest BCUT2D eigenvalue weighted by Crippen LogP contribution is 2.20. The Hall–Kier alpha value is -0.690. The summed E-state index contributed by atoms with van der Waals surface area (Å²) >= 11 is 4.56. The van der Waals surface area contributed by atoms with E-state index in [2.05, 4.69) is 36.8 Å². The lowest BCUT2D eigenvalue weighted by molar-refractivity contribution is -0.122. The molecule has 0 saturated heterocycles. The summed E-state index contributed by atoms with van der Waals surface area (Å²) in [5, 5.41) is 14.0. The Labute approximate surface area is 101 Å². The summed E-state index contributed by atoms with van der Waals surface area (Å²) < 4.78 is 0.696. The van der Waals surface area contributed by atoms with Crippen LogP contribution in [0.15, 0.2) is 3.92 Å². The van der Waals surface area contributed by atoms with Crippen LogP contribution in [0.3, 0.4) is 0 Å². The second-order valence-corrected chi connectivity index (χ2v) is 5.64. The summed E-state index contributed by atoms with van der Waals surface area (Å²) in [6, 6.07) is -0.171. The maximum atomic E-state index is 11.5. The summed E-state index contributed by atoms with van der Waals surface area (Å²) in [4.78, 5) is 11.5. The zero-order chi connectivity index (χ0) is 11.4. The molecule has 15 heavy (non-hydrogen) atoms. The average molecular weight is 293 g/mol. The zero-order valence-corrected chi connectivity index (χ0v) is 11.1. The van der Waals surface area contributed by atoms with Crippen LogP contribution in [0, 0.1) is 0 Å². The van der Waals surface area contributed by atoms with E-state index in [4.69, 9.17) is 0 Å². The highest BCUT2D eigenvalue weighted by atomic mass is 79.9. The number of nitrogens with zero attached hydrogens (tertiary/aromatic N) is 2. The van der Waals surface area contributed by atoms with E-state index in [1.807, 2.05) is 13.8 Å². The molecule has 0 aliphatic heterocycles. The molecule has 0 spiro atoms. The third-order valence-corrected chi connectivity index (χ3v) is 2.85. The molecule has 2 N–H and O–H groups in total. The maximum Gasteiger partial charge on any atom is 0.242 e. The fourth-order valence-electron chi connectivity index (χ4n) is 0.924. The van der Waals surface area contributed by atoms with Crippen LogP contribution in [-0.2, 0) is 4.79 Å². The van der Waals surface area contributed by atoms with Crippen molar-refractivity contribution < 1.29 is 4.79 Å². The van der Waals surface area contributed by atoms with Crippen molar-refractivity contribution in [2.45, 2.75) is 32.9 Å². The molecule has 1 aromatic rings. The van der Waals surface area contributed by atoms with Crippen LogP contribution >= 0.6 is 27.3 Å². The number of halogens is 1. The van der Waals surface area contributed by atoms with E-state index < -0.39 is 0 Å². The molecule has 1 amide bonds. The Kier molecular flexibility index (Phi) is 4.46. The van der Waals surface area contributed by atoms with Gasteiger partial charge in [0.25, 0.3) is 0 Å². The van der Waals surface area contributed by atoms with E-state index >= 15 is 0 Å². The Morgan fingerprint density at radius 2 is 2.07 bits per heavy atom. The van der Waals surface area contributed by atoms with Crippen molar-refractivity contribution in [3.63, 3.8) is 0 Å². The molecule has 1 aromatic heterocycles. The number of carbonyl (C=O) groups excluding carboxylic acids is 1. The van der Waals surface area contributed by atoms with Gasteiger partial charge in [0.2, 0.25) is 11.0 Å². The van der Waals surface area contributed by atoms with Crippen LogP contribution < -0.4 is 10.6 Å². The summed E-state index contributed by atoms with van der Waals surface area (Å²) in [5.74, 6) is -0.0451. The third-order valence-electron chi connectivity index (χ3n) is 1.56. The van der Waals surface area contributed by atoms with Crippen molar-refractivity contribution in [3.8, 4) is 0 Å². The minimum atomic E-state index is -0.313. The molecule has 0 saturated carbocycles. The first-order valence-electron chi connectivity index (χ1n) is 4.55. The van der Waals surface area contributed by atoms with Crippen LogP contribution in [0.4, 0.5) is 5.13 Å². The fourth-order valence-corrected chi connectivity index (χ4v) is 2.02. The molecular weight excluding hydrogens is 280 g/mol. The molecule has 0 aliphatic carbocycles. The molecule has 0 radical (unpaired) electrons. The van der Waals surface area contributed by atoms with Crippen molar-refractivity contribution in [1.29, 1.82) is 0 Å². The lowest BCUT2D eigenvalue weighted by Gasteiger charge is -2.14. The van der Waals surface area contributed by atoms with Crippen molar-refractivity contribution in [3.05, 3.63) is 3.92 Å². The Morgan fingerprint density at radius 1 is 1.40 bits per heavy atom. The van der Waals surface area contributed by atoms with Gasteiger partial charge < -0.3 is 10.6 Å². The van der Waals surface area contributed by atoms with Gasteiger partial charge in [0.05, 0.1) is 0 Å². The van der Waals surface area contributed by atoms with Gasteiger partial charge in [-0.2, -0.15) is 0 Å². The van der Waals surface area contributed by atoms with E-state index in [0.717, 1.165) is 0 Å². The Balaban J connectivity index is 2.48. The quantitative estimate of drug-likeness (QED) is 0.885. The SMILES string of the molecule is CC(C)NC(=O)C(C)Nc1nnc(Br)s1. The zero-order valence-electron chi connectivity index (χ0n) is 8.74. The molecule has 0 aromatic carbocycles. The van der Waals surface area contributed by atoms with Gasteiger partial charge in [0.1, 0.15) is 6.04 Å². The number of aromatic nitrogens is 2. The summed E-state index contributed by atoms with van der Waals surface area (Å²) in [7, 11) is 0. The monoisotopic (exact) mass is 292 g/mol. The lowest BCUT2D eigenvalue weighted by Crippen LogP contribution is -2.40. The predicted molar refractivity (Wildman–Crippen MR) is 64.0 cm³/mol. The minimum absolute atomic E-state index is 0.0451. The van der Waals surface area contributed by atoms with Crippen LogP contribution in [-0.4, -0.2) is 28.2 Å². The Morgan fingerprint density at radius 3 is 2.53 bits per heavy atom. The second-order valence-electron chi connectivity index (χ2n) is 3.39. The number of hydrogen-bond acceptors (Lipinski definition) is 5. The van der Waals surface area contributed by atoms with Crippen LogP contribution in [0.25, 0.3) is 0 Å². The van der Waals surface area contributed by atoms with Gasteiger partial charge in [-0.25, -0.2) is 0 Å². The van der Waals surface area contributed by atoms with E-state index in [1.165, 1.54) is 11.3 Å². The summed E-state index contributed by atoms with van der Waals surface area (Å²) in [5.41, 5.74) is 0. The van der Waals surface area contributed by atoms with Crippen LogP contribution in [0.2, 0.25) is 0 Å². The van der Waals surface area contributed by atoms with Gasteiger partial charge in [-0.05, 0) is 36.7 Å². The normalized spacial score (nSPS) is 12.6. The number of amides is 1. The van der Waals surface area contributed by atoms with Crippen molar-refractivity contribution in [2.24, 2.45) is 0 Å². The molecule has 5 nitrogen and oxygen atoms in total. The standard InChI is InChI=1S/C8H13BrN4OS/c1-4(2)10-6(14)5(3)11-8-13-12-7(9)15-8/h4-5H,1-3H3,(H,10,14)(H,11,13). The number of carbonyl (C=O) groups is 1. The minimum Gasteiger partial charge on any atom is -0.352 e. The first-order valence-corrected chi connectivity index (χ1v) is 6.16. The van der Waals surface area contributed by atoms with E-state index in [1.54, 1.807) is 6.92 Å². The van der Waals surface area contributed by atoms with Crippen LogP contribution in [0.1, 0.15) is 20.8 Å². The smallest absolute Gasteiger partial charge is 0.242 e. The van der Waals surface area contributed by atoms with Gasteiger partial charge in [0.15, 0.2) is 3.92 Å². The highest BCUT2D eigenvalue weighted by Gasteiger charge is 2.14. The fraction of sp³-hybridized carbons (Fsp3) is 0.625. The van der Waals surface area contributed by atoms with Gasteiger partial charge in [-0.15, -0.1) is 10.2 Å². The molecule has 1 rings (SSSR count). The molecule has 0 bridgehead atoms. The van der Waals surface area contributed by atoms with Crippen molar-refractivity contribution >= 4 is 38.3 Å². The predicted octanol–water partition coefficient (Wildman–Crippen LogP) is 1.63. The molecule has 1 heterocycles. The number of anilines is 1. The lowest BCUT2D eigenvalue weighted by atomic mass is 10.3. The molecule has 7 heteroatoms. The molecule has 1 unspecified atom stereocenters. The number of rotatable bonds is 4. The second kappa shape index (κ2) is 5.41. The van der Waals surface area contributed by atoms with E-state index in [0.29, 0.717) is 9.05 Å². The van der Waals surface area contributed by atoms with E-state index in [9.17, 15) is 4.79 Å². The van der Waals surface area contributed by atoms with Gasteiger partial charge >= 0.3 is 0 Å². The molecular formula is C8H13BrN4OS. The number of nitrogens with one attached hydrogen (secondary N) is 2. The molecule has 0 fully saturated rings. The van der Waals surface area contributed by atoms with Crippen LogP contribution in [0.5, 0.6) is 0 Å². The largest absolute Gasteiger partial charge is 0.352 e. The maximum absolute atomic E-state index is 11.5. The summed E-state index contributed by atoms with van der Waals surface area (Å²) in [6.07, 6.45) is 0. The third kappa shape index (κ3) is 4.13. The van der Waals surface area contributed by atoms with Crippen molar-refractivity contribution in [2.75, 3.05) is 5.32 Å². The highest BCUT2D eigenvalue weighted by molar-refractivity contribution is 9.11. The first-order chi connectivity index (χ1) is 6.99. The van der Waals surface area contributed by atoms with Crippen molar-refractivity contribution in [1.82, 2.24) is 15.5 Å². The number of hydrogen-bond donors (Lipinski definition) is 2. The Bertz CT molecular complexity index is 341. The molecule has 0 aliphatic rings. The molecule has 84 valence electrons. The van der Waals surface area contributed by atoms with Gasteiger partial charge in [0, 0.05) is 6.04 Å². The van der Waals surface area contributed by atoms with E-state index in [-0.39, 0.29) is 18.0 Å². The summed E-state index contributed by atoms with van der Waals surface area (Å²) in [6.45, 7) is 5.63.